The molecule has 1 aromatic rings. The number of sulfone groups is 1. The van der Waals surface area contributed by atoms with Crippen LogP contribution in [0.2, 0.25) is 0 Å². The first-order valence-corrected chi connectivity index (χ1v) is 6.79. The van der Waals surface area contributed by atoms with Gasteiger partial charge in [0.1, 0.15) is 0 Å². The summed E-state index contributed by atoms with van der Waals surface area (Å²) >= 11 is 0. The van der Waals surface area contributed by atoms with Crippen molar-refractivity contribution < 1.29 is 18.3 Å². The van der Waals surface area contributed by atoms with Gasteiger partial charge in [-0.3, -0.25) is 4.79 Å². The second-order valence-electron chi connectivity index (χ2n) is 3.66. The average Bonchev–Trinajstić information content (AvgIpc) is 2.16. The molecule has 1 N–H and O–H groups in total. The van der Waals surface area contributed by atoms with Crippen molar-refractivity contribution in [2.45, 2.75) is 24.2 Å². The van der Waals surface area contributed by atoms with E-state index in [-0.39, 0.29) is 11.3 Å². The van der Waals surface area contributed by atoms with Gasteiger partial charge in [-0.05, 0) is 30.5 Å². The van der Waals surface area contributed by atoms with Gasteiger partial charge >= 0.3 is 5.97 Å². The Labute approximate surface area is 94.8 Å². The minimum absolute atomic E-state index is 0.133. The van der Waals surface area contributed by atoms with E-state index in [0.717, 1.165) is 11.8 Å². The SMILES string of the molecule is CS(=O)(=O)c1ccc(CCCC(=O)O)cc1. The van der Waals surface area contributed by atoms with Gasteiger partial charge in [-0.1, -0.05) is 12.1 Å². The number of aliphatic carboxylic acids is 1. The Morgan fingerprint density at radius 3 is 2.25 bits per heavy atom. The second-order valence-corrected chi connectivity index (χ2v) is 5.68. The number of carboxylic acid groups (broad SMARTS) is 1. The minimum Gasteiger partial charge on any atom is -0.481 e. The van der Waals surface area contributed by atoms with Crippen LogP contribution in [0.25, 0.3) is 0 Å². The molecule has 4 nitrogen and oxygen atoms in total. The molecule has 0 aliphatic carbocycles. The molecule has 1 aromatic carbocycles. The first-order chi connectivity index (χ1) is 7.39. The minimum atomic E-state index is -3.15. The Hall–Kier alpha value is -1.36. The van der Waals surface area contributed by atoms with Crippen molar-refractivity contribution in [2.24, 2.45) is 0 Å². The molecule has 0 radical (unpaired) electrons. The zero-order valence-electron chi connectivity index (χ0n) is 9.01. The van der Waals surface area contributed by atoms with Crippen molar-refractivity contribution >= 4 is 15.8 Å². The van der Waals surface area contributed by atoms with Crippen molar-refractivity contribution in [1.29, 1.82) is 0 Å². The average molecular weight is 242 g/mol. The molecule has 0 bridgehead atoms. The fourth-order valence-electron chi connectivity index (χ4n) is 1.35. The molecule has 0 aliphatic rings. The summed E-state index contributed by atoms with van der Waals surface area (Å²) in [5.74, 6) is -0.812. The lowest BCUT2D eigenvalue weighted by molar-refractivity contribution is -0.137. The summed E-state index contributed by atoms with van der Waals surface area (Å²) in [6, 6.07) is 6.54. The largest absolute Gasteiger partial charge is 0.481 e. The molecule has 0 heterocycles. The summed E-state index contributed by atoms with van der Waals surface area (Å²) in [4.78, 5) is 10.6. The normalized spacial score (nSPS) is 11.3. The molecule has 0 unspecified atom stereocenters. The summed E-state index contributed by atoms with van der Waals surface area (Å²) < 4.78 is 22.3. The third kappa shape index (κ3) is 4.02. The van der Waals surface area contributed by atoms with E-state index in [0.29, 0.717) is 12.8 Å². The quantitative estimate of drug-likeness (QED) is 0.849. The lowest BCUT2D eigenvalue weighted by Crippen LogP contribution is -1.98. The molecule has 16 heavy (non-hydrogen) atoms. The highest BCUT2D eigenvalue weighted by Gasteiger charge is 2.06. The molecule has 0 aliphatic heterocycles. The zero-order chi connectivity index (χ0) is 12.2. The van der Waals surface area contributed by atoms with E-state index in [1.165, 1.54) is 0 Å². The van der Waals surface area contributed by atoms with Gasteiger partial charge in [0.25, 0.3) is 0 Å². The van der Waals surface area contributed by atoms with Crippen molar-refractivity contribution in [3.63, 3.8) is 0 Å². The van der Waals surface area contributed by atoms with Gasteiger partial charge < -0.3 is 5.11 Å². The fraction of sp³-hybridized carbons (Fsp3) is 0.364. The maximum atomic E-state index is 11.2. The number of rotatable bonds is 5. The zero-order valence-corrected chi connectivity index (χ0v) is 9.83. The van der Waals surface area contributed by atoms with Crippen LogP contribution in [-0.4, -0.2) is 25.7 Å². The molecule has 0 fully saturated rings. The third-order valence-electron chi connectivity index (χ3n) is 2.21. The molecular weight excluding hydrogens is 228 g/mol. The van der Waals surface area contributed by atoms with Gasteiger partial charge in [0, 0.05) is 12.7 Å². The van der Waals surface area contributed by atoms with Crippen LogP contribution in [0.5, 0.6) is 0 Å². The summed E-state index contributed by atoms with van der Waals surface area (Å²) in [7, 11) is -3.15. The first-order valence-electron chi connectivity index (χ1n) is 4.90. The van der Waals surface area contributed by atoms with Crippen LogP contribution in [0.3, 0.4) is 0 Å². The first kappa shape index (κ1) is 12.7. The Morgan fingerprint density at radius 2 is 1.81 bits per heavy atom. The Kier molecular flexibility index (Phi) is 4.06. The molecule has 0 saturated heterocycles. The molecule has 0 spiro atoms. The van der Waals surface area contributed by atoms with Crippen LogP contribution >= 0.6 is 0 Å². The summed E-state index contributed by atoms with van der Waals surface area (Å²) in [6.45, 7) is 0. The Bertz CT molecular complexity index is 459. The molecular formula is C11H14O4S. The van der Waals surface area contributed by atoms with Crippen molar-refractivity contribution in [1.82, 2.24) is 0 Å². The van der Waals surface area contributed by atoms with Crippen LogP contribution in [-0.2, 0) is 21.1 Å². The van der Waals surface area contributed by atoms with Gasteiger partial charge in [0.05, 0.1) is 4.90 Å². The maximum Gasteiger partial charge on any atom is 0.303 e. The van der Waals surface area contributed by atoms with Gasteiger partial charge in [0.15, 0.2) is 9.84 Å². The van der Waals surface area contributed by atoms with Crippen LogP contribution < -0.4 is 0 Å². The number of hydrogen-bond acceptors (Lipinski definition) is 3. The maximum absolute atomic E-state index is 11.2. The summed E-state index contributed by atoms with van der Waals surface area (Å²) in [5, 5.41) is 8.46. The van der Waals surface area contributed by atoms with E-state index in [2.05, 4.69) is 0 Å². The van der Waals surface area contributed by atoms with Gasteiger partial charge in [0.2, 0.25) is 0 Å². The monoisotopic (exact) mass is 242 g/mol. The lowest BCUT2D eigenvalue weighted by Gasteiger charge is -2.01. The number of carboxylic acids is 1. The standard InChI is InChI=1S/C11H14O4S/c1-16(14,15)10-7-5-9(6-8-10)3-2-4-11(12)13/h5-8H,2-4H2,1H3,(H,12,13). The highest BCUT2D eigenvalue weighted by Crippen LogP contribution is 2.12. The third-order valence-corrected chi connectivity index (χ3v) is 3.34. The van der Waals surface area contributed by atoms with Gasteiger partial charge in [-0.2, -0.15) is 0 Å². The van der Waals surface area contributed by atoms with E-state index < -0.39 is 15.8 Å². The van der Waals surface area contributed by atoms with Crippen molar-refractivity contribution in [3.05, 3.63) is 29.8 Å². The van der Waals surface area contributed by atoms with Crippen LogP contribution in [0, 0.1) is 0 Å². The molecule has 0 aromatic heterocycles. The van der Waals surface area contributed by atoms with E-state index in [9.17, 15) is 13.2 Å². The van der Waals surface area contributed by atoms with Crippen molar-refractivity contribution in [3.8, 4) is 0 Å². The van der Waals surface area contributed by atoms with Gasteiger partial charge in [-0.15, -0.1) is 0 Å². The van der Waals surface area contributed by atoms with E-state index in [1.54, 1.807) is 24.3 Å². The topological polar surface area (TPSA) is 71.4 Å². The highest BCUT2D eigenvalue weighted by atomic mass is 32.2. The van der Waals surface area contributed by atoms with Gasteiger partial charge in [-0.25, -0.2) is 8.42 Å². The second kappa shape index (κ2) is 5.12. The van der Waals surface area contributed by atoms with Crippen LogP contribution in [0.1, 0.15) is 18.4 Å². The summed E-state index contributed by atoms with van der Waals surface area (Å²) in [5.41, 5.74) is 0.952. The number of benzene rings is 1. The molecule has 5 heteroatoms. The van der Waals surface area contributed by atoms with Crippen LogP contribution in [0.4, 0.5) is 0 Å². The molecule has 0 saturated carbocycles. The fourth-order valence-corrected chi connectivity index (χ4v) is 1.98. The van der Waals surface area contributed by atoms with Crippen LogP contribution in [0.15, 0.2) is 29.2 Å². The summed E-state index contributed by atoms with van der Waals surface area (Å²) in [6.07, 6.45) is 2.50. The van der Waals surface area contributed by atoms with E-state index in [1.807, 2.05) is 0 Å². The predicted octanol–water partition coefficient (Wildman–Crippen LogP) is 1.50. The van der Waals surface area contributed by atoms with E-state index >= 15 is 0 Å². The molecule has 88 valence electrons. The molecule has 0 amide bonds. The number of aryl methyl sites for hydroxylation is 1. The van der Waals surface area contributed by atoms with E-state index in [4.69, 9.17) is 5.11 Å². The number of carbonyl (C=O) groups is 1. The number of hydrogen-bond donors (Lipinski definition) is 1. The van der Waals surface area contributed by atoms with Crippen molar-refractivity contribution in [2.75, 3.05) is 6.26 Å². The Morgan fingerprint density at radius 1 is 1.25 bits per heavy atom. The Balaban J connectivity index is 2.62. The molecule has 0 atom stereocenters. The molecule has 1 rings (SSSR count). The highest BCUT2D eigenvalue weighted by molar-refractivity contribution is 7.90. The smallest absolute Gasteiger partial charge is 0.303 e. The predicted molar refractivity (Wildman–Crippen MR) is 60.1 cm³/mol. The lowest BCUT2D eigenvalue weighted by atomic mass is 10.1.